The Morgan fingerprint density at radius 3 is 2.79 bits per heavy atom. The maximum absolute atomic E-state index is 8.71. The van der Waals surface area contributed by atoms with Crippen LogP contribution in [0.15, 0.2) is 29.6 Å². The third-order valence-corrected chi connectivity index (χ3v) is 2.92. The molecular formula is C13H17N5O. The zero-order valence-corrected chi connectivity index (χ0v) is 11.0. The summed E-state index contributed by atoms with van der Waals surface area (Å²) in [6.07, 6.45) is 3.36. The van der Waals surface area contributed by atoms with Crippen LogP contribution in [0.1, 0.15) is 30.8 Å². The van der Waals surface area contributed by atoms with Crippen molar-refractivity contribution in [3.8, 4) is 5.82 Å². The predicted molar refractivity (Wildman–Crippen MR) is 72.6 cm³/mol. The molecule has 0 bridgehead atoms. The summed E-state index contributed by atoms with van der Waals surface area (Å²) in [5.74, 6) is 0.727. The number of hydrogen-bond donors (Lipinski definition) is 2. The summed E-state index contributed by atoms with van der Waals surface area (Å²) >= 11 is 0. The lowest BCUT2D eigenvalue weighted by molar-refractivity contribution is 0.318. The minimum atomic E-state index is 0.0598. The largest absolute Gasteiger partial charge is 0.409 e. The van der Waals surface area contributed by atoms with E-state index in [1.54, 1.807) is 23.0 Å². The van der Waals surface area contributed by atoms with Gasteiger partial charge in [0.2, 0.25) is 0 Å². The Morgan fingerprint density at radius 2 is 2.16 bits per heavy atom. The quantitative estimate of drug-likeness (QED) is 0.377. The van der Waals surface area contributed by atoms with Crippen molar-refractivity contribution in [1.82, 2.24) is 14.8 Å². The summed E-state index contributed by atoms with van der Waals surface area (Å²) in [5, 5.41) is 16.2. The smallest absolute Gasteiger partial charge is 0.170 e. The average molecular weight is 259 g/mol. The second kappa shape index (κ2) is 5.51. The molecule has 0 amide bonds. The predicted octanol–water partition coefficient (Wildman–Crippen LogP) is 1.49. The minimum absolute atomic E-state index is 0.0598. The molecule has 3 N–H and O–H groups in total. The third-order valence-electron chi connectivity index (χ3n) is 2.92. The van der Waals surface area contributed by atoms with Crippen molar-refractivity contribution >= 4 is 5.84 Å². The molecule has 0 saturated heterocycles. The summed E-state index contributed by atoms with van der Waals surface area (Å²) in [6, 6.07) is 5.51. The van der Waals surface area contributed by atoms with Gasteiger partial charge in [-0.05, 0) is 31.0 Å². The summed E-state index contributed by atoms with van der Waals surface area (Å²) in [7, 11) is 0. The zero-order valence-electron chi connectivity index (χ0n) is 11.0. The molecule has 6 nitrogen and oxygen atoms in total. The van der Waals surface area contributed by atoms with Crippen molar-refractivity contribution in [2.45, 2.75) is 26.7 Å². The zero-order chi connectivity index (χ0) is 13.8. The van der Waals surface area contributed by atoms with E-state index in [4.69, 9.17) is 10.9 Å². The van der Waals surface area contributed by atoms with Gasteiger partial charge in [-0.1, -0.05) is 19.0 Å². The van der Waals surface area contributed by atoms with E-state index in [0.717, 1.165) is 24.2 Å². The molecular weight excluding hydrogens is 242 g/mol. The SMILES string of the molecule is CCc1cc(CC)n(-c2cc(/C(N)=N/O)ccn2)n1. The van der Waals surface area contributed by atoms with E-state index in [1.807, 2.05) is 0 Å². The molecule has 100 valence electrons. The number of pyridine rings is 1. The number of aryl methyl sites for hydroxylation is 2. The van der Waals surface area contributed by atoms with Crippen LogP contribution < -0.4 is 5.73 Å². The van der Waals surface area contributed by atoms with Gasteiger partial charge in [-0.25, -0.2) is 9.67 Å². The first kappa shape index (κ1) is 13.1. The molecule has 6 heteroatoms. The number of amidine groups is 1. The van der Waals surface area contributed by atoms with E-state index in [9.17, 15) is 0 Å². The molecule has 0 unspecified atom stereocenters. The van der Waals surface area contributed by atoms with Crippen molar-refractivity contribution in [2.24, 2.45) is 10.9 Å². The normalized spacial score (nSPS) is 11.8. The van der Waals surface area contributed by atoms with E-state index in [0.29, 0.717) is 11.4 Å². The molecule has 0 aliphatic heterocycles. The summed E-state index contributed by atoms with van der Waals surface area (Å²) in [6.45, 7) is 4.13. The molecule has 0 radical (unpaired) electrons. The van der Waals surface area contributed by atoms with Gasteiger partial charge in [0.05, 0.1) is 5.69 Å². The maximum Gasteiger partial charge on any atom is 0.170 e. The molecule has 2 aromatic heterocycles. The van der Waals surface area contributed by atoms with Gasteiger partial charge in [-0.3, -0.25) is 0 Å². The molecule has 0 fully saturated rings. The van der Waals surface area contributed by atoms with Crippen molar-refractivity contribution in [3.63, 3.8) is 0 Å². The van der Waals surface area contributed by atoms with Crippen molar-refractivity contribution in [1.29, 1.82) is 0 Å². The summed E-state index contributed by atoms with van der Waals surface area (Å²) in [4.78, 5) is 4.29. The lowest BCUT2D eigenvalue weighted by Gasteiger charge is -2.06. The molecule has 0 aliphatic carbocycles. The Hall–Kier alpha value is -2.37. The van der Waals surface area contributed by atoms with Gasteiger partial charge in [-0.15, -0.1) is 0 Å². The average Bonchev–Trinajstić information content (AvgIpc) is 2.90. The highest BCUT2D eigenvalue weighted by molar-refractivity contribution is 5.97. The van der Waals surface area contributed by atoms with Gasteiger partial charge < -0.3 is 10.9 Å². The van der Waals surface area contributed by atoms with Gasteiger partial charge in [0.1, 0.15) is 0 Å². The maximum atomic E-state index is 8.71. The Bertz CT molecular complexity index is 603. The van der Waals surface area contributed by atoms with E-state index in [-0.39, 0.29) is 5.84 Å². The topological polar surface area (TPSA) is 89.3 Å². The molecule has 2 aromatic rings. The number of rotatable bonds is 4. The van der Waals surface area contributed by atoms with E-state index < -0.39 is 0 Å². The van der Waals surface area contributed by atoms with E-state index in [1.165, 1.54) is 0 Å². The van der Waals surface area contributed by atoms with Crippen molar-refractivity contribution in [2.75, 3.05) is 0 Å². The van der Waals surface area contributed by atoms with Crippen LogP contribution in [0.5, 0.6) is 0 Å². The monoisotopic (exact) mass is 259 g/mol. The number of aromatic nitrogens is 3. The highest BCUT2D eigenvalue weighted by Gasteiger charge is 2.10. The van der Waals surface area contributed by atoms with Crippen LogP contribution in [-0.4, -0.2) is 25.8 Å². The lowest BCUT2D eigenvalue weighted by Crippen LogP contribution is -2.14. The molecule has 19 heavy (non-hydrogen) atoms. The van der Waals surface area contributed by atoms with Crippen LogP contribution in [0.25, 0.3) is 5.82 Å². The van der Waals surface area contributed by atoms with Gasteiger partial charge >= 0.3 is 0 Å². The molecule has 2 heterocycles. The fourth-order valence-corrected chi connectivity index (χ4v) is 1.85. The fourth-order valence-electron chi connectivity index (χ4n) is 1.85. The van der Waals surface area contributed by atoms with Crippen LogP contribution in [0, 0.1) is 0 Å². The van der Waals surface area contributed by atoms with Crippen LogP contribution in [-0.2, 0) is 12.8 Å². The van der Waals surface area contributed by atoms with Crippen LogP contribution in [0.2, 0.25) is 0 Å². The highest BCUT2D eigenvalue weighted by atomic mass is 16.4. The number of oxime groups is 1. The molecule has 2 rings (SSSR count). The first-order valence-corrected chi connectivity index (χ1v) is 6.21. The number of hydrogen-bond acceptors (Lipinski definition) is 4. The second-order valence-electron chi connectivity index (χ2n) is 4.13. The molecule has 0 aromatic carbocycles. The molecule has 0 aliphatic rings. The van der Waals surface area contributed by atoms with Gasteiger partial charge in [-0.2, -0.15) is 5.10 Å². The third kappa shape index (κ3) is 2.57. The molecule has 0 saturated carbocycles. The highest BCUT2D eigenvalue weighted by Crippen LogP contribution is 2.13. The summed E-state index contributed by atoms with van der Waals surface area (Å²) < 4.78 is 1.80. The minimum Gasteiger partial charge on any atom is -0.409 e. The molecule has 0 atom stereocenters. The Labute approximate surface area is 111 Å². The van der Waals surface area contributed by atoms with Crippen molar-refractivity contribution in [3.05, 3.63) is 41.3 Å². The Balaban J connectivity index is 2.49. The molecule has 0 spiro atoms. The van der Waals surface area contributed by atoms with Gasteiger partial charge in [0.25, 0.3) is 0 Å². The standard InChI is InChI=1S/C13H17N5O/c1-3-10-8-11(4-2)18(16-10)12-7-9(5-6-15-12)13(14)17-19/h5-8,19H,3-4H2,1-2H3,(H2,14,17). The first-order chi connectivity index (χ1) is 9.19. The van der Waals surface area contributed by atoms with Crippen LogP contribution in [0.4, 0.5) is 0 Å². The summed E-state index contributed by atoms with van der Waals surface area (Å²) in [5.41, 5.74) is 8.31. The van der Waals surface area contributed by atoms with Crippen LogP contribution >= 0.6 is 0 Å². The van der Waals surface area contributed by atoms with Crippen LogP contribution in [0.3, 0.4) is 0 Å². The second-order valence-corrected chi connectivity index (χ2v) is 4.13. The van der Waals surface area contributed by atoms with E-state index >= 15 is 0 Å². The van der Waals surface area contributed by atoms with Crippen molar-refractivity contribution < 1.29 is 5.21 Å². The fraction of sp³-hybridized carbons (Fsp3) is 0.308. The van der Waals surface area contributed by atoms with Gasteiger partial charge in [0.15, 0.2) is 11.7 Å². The lowest BCUT2D eigenvalue weighted by atomic mass is 10.2. The number of nitrogens with two attached hydrogens (primary N) is 1. The Morgan fingerprint density at radius 1 is 1.37 bits per heavy atom. The Kier molecular flexibility index (Phi) is 3.79. The first-order valence-electron chi connectivity index (χ1n) is 6.21. The number of nitrogens with zero attached hydrogens (tertiary/aromatic N) is 4. The van der Waals surface area contributed by atoms with Gasteiger partial charge in [0, 0.05) is 17.5 Å². The van der Waals surface area contributed by atoms with E-state index in [2.05, 4.69) is 35.2 Å².